The highest BCUT2D eigenvalue weighted by Gasteiger charge is 2.19. The van der Waals surface area contributed by atoms with Crippen molar-refractivity contribution in [3.05, 3.63) is 48.0 Å². The Labute approximate surface area is 144 Å². The first kappa shape index (κ1) is 16.8. The average molecular weight is 325 g/mol. The van der Waals surface area contributed by atoms with Crippen LogP contribution >= 0.6 is 0 Å². The highest BCUT2D eigenvalue weighted by Crippen LogP contribution is 2.36. The van der Waals surface area contributed by atoms with Crippen LogP contribution in [0.1, 0.15) is 12.5 Å². The number of anilines is 1. The molecule has 0 amide bonds. The Morgan fingerprint density at radius 3 is 2.71 bits per heavy atom. The smallest absolute Gasteiger partial charge is 0.145 e. The van der Waals surface area contributed by atoms with Gasteiger partial charge in [-0.3, -0.25) is 4.90 Å². The van der Waals surface area contributed by atoms with E-state index in [0.717, 1.165) is 55.2 Å². The summed E-state index contributed by atoms with van der Waals surface area (Å²) < 4.78 is 5.65. The molecule has 1 saturated heterocycles. The van der Waals surface area contributed by atoms with Gasteiger partial charge in [0.1, 0.15) is 5.75 Å². The molecular formula is C20H27N3O. The van der Waals surface area contributed by atoms with Gasteiger partial charge in [0.25, 0.3) is 0 Å². The molecule has 4 heteroatoms. The largest absolute Gasteiger partial charge is 0.494 e. The van der Waals surface area contributed by atoms with E-state index in [1.165, 1.54) is 5.56 Å². The van der Waals surface area contributed by atoms with Crippen LogP contribution in [0.2, 0.25) is 0 Å². The number of piperazine rings is 1. The molecule has 0 saturated carbocycles. The van der Waals surface area contributed by atoms with E-state index in [0.29, 0.717) is 6.04 Å². The van der Waals surface area contributed by atoms with E-state index in [4.69, 9.17) is 10.5 Å². The summed E-state index contributed by atoms with van der Waals surface area (Å²) in [6.45, 7) is 6.53. The molecule has 0 radical (unpaired) electrons. The lowest BCUT2D eigenvalue weighted by Crippen LogP contribution is -2.50. The third-order valence-corrected chi connectivity index (χ3v) is 4.87. The fourth-order valence-corrected chi connectivity index (χ4v) is 3.43. The lowest BCUT2D eigenvalue weighted by atomic mass is 9.99. The van der Waals surface area contributed by atoms with E-state index in [9.17, 15) is 0 Å². The predicted octanol–water partition coefficient (Wildman–Crippen LogP) is 2.78. The standard InChI is InChI=1S/C20H27N3O/c1-15-14-22-11-13-23(15)12-10-17-8-9-18(19(21)20(17)24-2)16-6-4-3-5-7-16/h3-9,15,22H,10-14,21H2,1-2H3. The molecular weight excluding hydrogens is 298 g/mol. The Bertz CT molecular complexity index is 672. The Balaban J connectivity index is 1.80. The molecule has 0 aromatic heterocycles. The number of nitrogens with two attached hydrogens (primary N) is 1. The second-order valence-electron chi connectivity index (χ2n) is 6.42. The van der Waals surface area contributed by atoms with Crippen LogP contribution in [0.5, 0.6) is 5.75 Å². The Morgan fingerprint density at radius 1 is 1.21 bits per heavy atom. The normalized spacial score (nSPS) is 18.5. The Hall–Kier alpha value is -2.04. The van der Waals surface area contributed by atoms with Crippen LogP contribution in [0.3, 0.4) is 0 Å². The van der Waals surface area contributed by atoms with Gasteiger partial charge in [-0.25, -0.2) is 0 Å². The van der Waals surface area contributed by atoms with Gasteiger partial charge in [-0.05, 0) is 24.5 Å². The molecule has 2 aromatic carbocycles. The maximum atomic E-state index is 6.41. The van der Waals surface area contributed by atoms with Crippen molar-refractivity contribution < 1.29 is 4.74 Å². The summed E-state index contributed by atoms with van der Waals surface area (Å²) in [4.78, 5) is 2.53. The molecule has 4 nitrogen and oxygen atoms in total. The zero-order valence-corrected chi connectivity index (χ0v) is 14.6. The Morgan fingerprint density at radius 2 is 2.00 bits per heavy atom. The van der Waals surface area contributed by atoms with Crippen LogP contribution in [-0.4, -0.2) is 44.2 Å². The van der Waals surface area contributed by atoms with Crippen LogP contribution in [0.25, 0.3) is 11.1 Å². The van der Waals surface area contributed by atoms with Crippen LogP contribution in [0.15, 0.2) is 42.5 Å². The summed E-state index contributed by atoms with van der Waals surface area (Å²) in [6, 6.07) is 15.1. The first-order valence-corrected chi connectivity index (χ1v) is 8.66. The van der Waals surface area contributed by atoms with Gasteiger partial charge in [0.05, 0.1) is 12.8 Å². The molecule has 1 aliphatic rings. The maximum absolute atomic E-state index is 6.41. The monoisotopic (exact) mass is 325 g/mol. The van der Waals surface area contributed by atoms with E-state index >= 15 is 0 Å². The minimum absolute atomic E-state index is 0.575. The molecule has 24 heavy (non-hydrogen) atoms. The van der Waals surface area contributed by atoms with Gasteiger partial charge in [0.2, 0.25) is 0 Å². The van der Waals surface area contributed by atoms with Crippen LogP contribution < -0.4 is 15.8 Å². The predicted molar refractivity (Wildman–Crippen MR) is 100 cm³/mol. The van der Waals surface area contributed by atoms with Gasteiger partial charge in [-0.1, -0.05) is 42.5 Å². The molecule has 3 N–H and O–H groups in total. The molecule has 1 unspecified atom stereocenters. The summed E-state index contributed by atoms with van der Waals surface area (Å²) in [7, 11) is 1.71. The third kappa shape index (κ3) is 3.55. The molecule has 128 valence electrons. The van der Waals surface area contributed by atoms with Crippen molar-refractivity contribution in [2.45, 2.75) is 19.4 Å². The number of ether oxygens (including phenoxy) is 1. The molecule has 1 heterocycles. The van der Waals surface area contributed by atoms with Gasteiger partial charge < -0.3 is 15.8 Å². The number of nitrogen functional groups attached to an aromatic ring is 1. The summed E-state index contributed by atoms with van der Waals surface area (Å²) in [5, 5.41) is 3.43. The number of methoxy groups -OCH3 is 1. The summed E-state index contributed by atoms with van der Waals surface area (Å²) in [6.07, 6.45) is 0.951. The second-order valence-corrected chi connectivity index (χ2v) is 6.42. The highest BCUT2D eigenvalue weighted by atomic mass is 16.5. The van der Waals surface area contributed by atoms with E-state index in [1.54, 1.807) is 7.11 Å². The van der Waals surface area contributed by atoms with Crippen molar-refractivity contribution in [3.63, 3.8) is 0 Å². The lowest BCUT2D eigenvalue weighted by Gasteiger charge is -2.34. The molecule has 0 aliphatic carbocycles. The zero-order chi connectivity index (χ0) is 16.9. The maximum Gasteiger partial charge on any atom is 0.145 e. The first-order chi connectivity index (χ1) is 11.7. The van der Waals surface area contributed by atoms with Gasteiger partial charge in [0, 0.05) is 37.8 Å². The van der Waals surface area contributed by atoms with Crippen molar-refractivity contribution in [3.8, 4) is 16.9 Å². The molecule has 2 aromatic rings. The van der Waals surface area contributed by atoms with Crippen molar-refractivity contribution in [1.29, 1.82) is 0 Å². The number of rotatable bonds is 5. The molecule has 1 aliphatic heterocycles. The molecule has 3 rings (SSSR count). The number of nitrogens with zero attached hydrogens (tertiary/aromatic N) is 1. The van der Waals surface area contributed by atoms with Crippen molar-refractivity contribution >= 4 is 5.69 Å². The van der Waals surface area contributed by atoms with Gasteiger partial charge in [-0.2, -0.15) is 0 Å². The fourth-order valence-electron chi connectivity index (χ4n) is 3.43. The van der Waals surface area contributed by atoms with E-state index in [-0.39, 0.29) is 0 Å². The topological polar surface area (TPSA) is 50.5 Å². The van der Waals surface area contributed by atoms with Gasteiger partial charge in [-0.15, -0.1) is 0 Å². The quantitative estimate of drug-likeness (QED) is 0.830. The van der Waals surface area contributed by atoms with Gasteiger partial charge in [0.15, 0.2) is 0 Å². The number of nitrogens with one attached hydrogen (secondary N) is 1. The second kappa shape index (κ2) is 7.69. The molecule has 0 spiro atoms. The lowest BCUT2D eigenvalue weighted by molar-refractivity contribution is 0.175. The molecule has 1 fully saturated rings. The van der Waals surface area contributed by atoms with Crippen LogP contribution in [-0.2, 0) is 6.42 Å². The summed E-state index contributed by atoms with van der Waals surface area (Å²) in [5.41, 5.74) is 10.5. The SMILES string of the molecule is COc1c(CCN2CCNCC2C)ccc(-c2ccccc2)c1N. The summed E-state index contributed by atoms with van der Waals surface area (Å²) in [5.74, 6) is 0.819. The Kier molecular flexibility index (Phi) is 5.38. The van der Waals surface area contributed by atoms with Gasteiger partial charge >= 0.3 is 0 Å². The highest BCUT2D eigenvalue weighted by molar-refractivity contribution is 5.81. The van der Waals surface area contributed by atoms with E-state index in [1.807, 2.05) is 18.2 Å². The molecule has 1 atom stereocenters. The van der Waals surface area contributed by atoms with Crippen LogP contribution in [0, 0.1) is 0 Å². The van der Waals surface area contributed by atoms with E-state index < -0.39 is 0 Å². The van der Waals surface area contributed by atoms with Crippen molar-refractivity contribution in [2.75, 3.05) is 39.0 Å². The number of hydrogen-bond donors (Lipinski definition) is 2. The number of benzene rings is 2. The minimum atomic E-state index is 0.575. The average Bonchev–Trinajstić information content (AvgIpc) is 2.62. The zero-order valence-electron chi connectivity index (χ0n) is 14.6. The van der Waals surface area contributed by atoms with Crippen LogP contribution in [0.4, 0.5) is 5.69 Å². The van der Waals surface area contributed by atoms with Crippen molar-refractivity contribution in [1.82, 2.24) is 10.2 Å². The molecule has 0 bridgehead atoms. The fraction of sp³-hybridized carbons (Fsp3) is 0.400. The van der Waals surface area contributed by atoms with E-state index in [2.05, 4.69) is 41.4 Å². The first-order valence-electron chi connectivity index (χ1n) is 8.66. The summed E-state index contributed by atoms with van der Waals surface area (Å²) >= 11 is 0. The van der Waals surface area contributed by atoms with Crippen molar-refractivity contribution in [2.24, 2.45) is 0 Å². The minimum Gasteiger partial charge on any atom is -0.494 e. The third-order valence-electron chi connectivity index (χ3n) is 4.87. The number of hydrogen-bond acceptors (Lipinski definition) is 4.